The lowest BCUT2D eigenvalue weighted by Crippen LogP contribution is -1.98. The maximum Gasteiger partial charge on any atom is 0.180 e. The number of unbranched alkanes of at least 4 members (excludes halogenated alkanes) is 1. The van der Waals surface area contributed by atoms with Crippen LogP contribution in [-0.2, 0) is 10.5 Å². The molecule has 0 saturated carbocycles. The molecule has 1 heterocycles. The van der Waals surface area contributed by atoms with Crippen molar-refractivity contribution in [3.8, 4) is 0 Å². The van der Waals surface area contributed by atoms with Crippen molar-refractivity contribution in [2.24, 2.45) is 0 Å². The molecule has 0 radical (unpaired) electrons. The molecule has 0 spiro atoms. The van der Waals surface area contributed by atoms with Gasteiger partial charge in [-0.1, -0.05) is 6.07 Å². The molecule has 0 amide bonds. The second-order valence-electron chi connectivity index (χ2n) is 3.46. The molecule has 0 bridgehead atoms. The number of nitrogens with zero attached hydrogens (tertiary/aromatic N) is 1. The summed E-state index contributed by atoms with van der Waals surface area (Å²) in [7, 11) is 1.55. The van der Waals surface area contributed by atoms with Gasteiger partial charge >= 0.3 is 0 Å². The summed E-state index contributed by atoms with van der Waals surface area (Å²) in [5.41, 5.74) is 1.14. The fraction of sp³-hybridized carbons (Fsp3) is 0.500. The first-order valence-electron chi connectivity index (χ1n) is 5.42. The highest BCUT2D eigenvalue weighted by Crippen LogP contribution is 2.12. The van der Waals surface area contributed by atoms with Gasteiger partial charge in [0.1, 0.15) is 0 Å². The molecule has 1 aromatic heterocycles. The van der Waals surface area contributed by atoms with Crippen molar-refractivity contribution < 1.29 is 4.74 Å². The van der Waals surface area contributed by atoms with E-state index < -0.39 is 0 Å². The number of methoxy groups -OCH3 is 1. The maximum atomic E-state index is 7.31. The normalized spacial score (nSPS) is 10.1. The number of aromatic nitrogens is 1. The molecule has 0 aliphatic carbocycles. The molecule has 0 unspecified atom stereocenters. The van der Waals surface area contributed by atoms with Crippen molar-refractivity contribution in [1.29, 1.82) is 5.41 Å². The van der Waals surface area contributed by atoms with Crippen LogP contribution in [0, 0.1) is 5.41 Å². The summed E-state index contributed by atoms with van der Waals surface area (Å²) in [6.45, 7) is 0. The second-order valence-corrected chi connectivity index (χ2v) is 4.56. The van der Waals surface area contributed by atoms with E-state index in [-0.39, 0.29) is 0 Å². The summed E-state index contributed by atoms with van der Waals surface area (Å²) in [6, 6.07) is 6.00. The second kappa shape index (κ2) is 8.16. The van der Waals surface area contributed by atoms with E-state index in [4.69, 9.17) is 10.1 Å². The first-order valence-corrected chi connectivity index (χ1v) is 6.57. The van der Waals surface area contributed by atoms with E-state index in [9.17, 15) is 0 Å². The van der Waals surface area contributed by atoms with E-state index >= 15 is 0 Å². The molecular formula is C12H18N2OS. The van der Waals surface area contributed by atoms with Gasteiger partial charge in [-0.3, -0.25) is 10.4 Å². The third-order valence-electron chi connectivity index (χ3n) is 2.17. The Kier molecular flexibility index (Phi) is 6.65. The molecule has 1 N–H and O–H groups in total. The number of rotatable bonds is 7. The minimum absolute atomic E-state index is 0.384. The van der Waals surface area contributed by atoms with Gasteiger partial charge in [0.15, 0.2) is 5.90 Å². The van der Waals surface area contributed by atoms with Gasteiger partial charge in [0.25, 0.3) is 0 Å². The van der Waals surface area contributed by atoms with E-state index in [1.54, 1.807) is 7.11 Å². The van der Waals surface area contributed by atoms with Crippen LogP contribution in [0.25, 0.3) is 0 Å². The van der Waals surface area contributed by atoms with Crippen LogP contribution >= 0.6 is 11.8 Å². The lowest BCUT2D eigenvalue weighted by atomic mass is 10.2. The zero-order chi connectivity index (χ0) is 11.6. The molecule has 0 saturated heterocycles. The third kappa shape index (κ3) is 5.75. The van der Waals surface area contributed by atoms with Crippen LogP contribution in [0.4, 0.5) is 0 Å². The van der Waals surface area contributed by atoms with Crippen LogP contribution in [0.2, 0.25) is 0 Å². The summed E-state index contributed by atoms with van der Waals surface area (Å²) < 4.78 is 4.79. The monoisotopic (exact) mass is 238 g/mol. The summed E-state index contributed by atoms with van der Waals surface area (Å²) in [6.07, 6.45) is 4.74. The first-order chi connectivity index (χ1) is 7.83. The van der Waals surface area contributed by atoms with Gasteiger partial charge in [-0.05, 0) is 30.7 Å². The summed E-state index contributed by atoms with van der Waals surface area (Å²) in [5.74, 6) is 2.48. The number of ether oxygens (including phenoxy) is 1. The van der Waals surface area contributed by atoms with E-state index in [2.05, 4.69) is 4.98 Å². The highest BCUT2D eigenvalue weighted by atomic mass is 32.2. The Bertz CT molecular complexity index is 303. The number of hydrogen-bond donors (Lipinski definition) is 1. The van der Waals surface area contributed by atoms with Crippen LogP contribution < -0.4 is 0 Å². The first kappa shape index (κ1) is 13.0. The Hall–Kier alpha value is -1.03. The predicted octanol–water partition coefficient (Wildman–Crippen LogP) is 3.11. The standard InChI is InChI=1S/C12H18N2OS/c1-15-12(13)7-3-5-9-16-10-11-6-2-4-8-14-11/h2,4,6,8,13H,3,5,7,9-10H2,1H3. The average molecular weight is 238 g/mol. The summed E-state index contributed by atoms with van der Waals surface area (Å²) in [4.78, 5) is 4.26. The molecule has 3 nitrogen and oxygen atoms in total. The van der Waals surface area contributed by atoms with E-state index in [0.717, 1.165) is 36.5 Å². The van der Waals surface area contributed by atoms with Crippen molar-refractivity contribution >= 4 is 17.7 Å². The Balaban J connectivity index is 1.98. The third-order valence-corrected chi connectivity index (χ3v) is 3.24. The SMILES string of the molecule is COC(=N)CCCCSCc1ccccn1. The molecule has 0 aromatic carbocycles. The molecule has 4 heteroatoms. The van der Waals surface area contributed by atoms with Crippen molar-refractivity contribution in [2.75, 3.05) is 12.9 Å². The Morgan fingerprint density at radius 3 is 3.00 bits per heavy atom. The number of hydrogen-bond acceptors (Lipinski definition) is 4. The smallest absolute Gasteiger partial charge is 0.180 e. The van der Waals surface area contributed by atoms with Crippen LogP contribution in [0.1, 0.15) is 25.0 Å². The number of thioether (sulfide) groups is 1. The molecule has 88 valence electrons. The molecule has 0 aliphatic heterocycles. The van der Waals surface area contributed by atoms with Gasteiger partial charge in [0, 0.05) is 18.4 Å². The van der Waals surface area contributed by atoms with Crippen molar-refractivity contribution in [3.63, 3.8) is 0 Å². The molecule has 1 aromatic rings. The van der Waals surface area contributed by atoms with Crippen LogP contribution in [0.15, 0.2) is 24.4 Å². The van der Waals surface area contributed by atoms with Gasteiger partial charge < -0.3 is 4.74 Å². The highest BCUT2D eigenvalue weighted by molar-refractivity contribution is 7.98. The molecule has 16 heavy (non-hydrogen) atoms. The molecule has 0 atom stereocenters. The van der Waals surface area contributed by atoms with Crippen LogP contribution in [0.5, 0.6) is 0 Å². The van der Waals surface area contributed by atoms with E-state index in [1.165, 1.54) is 0 Å². The van der Waals surface area contributed by atoms with E-state index in [1.807, 2.05) is 36.2 Å². The lowest BCUT2D eigenvalue weighted by Gasteiger charge is -2.02. The minimum atomic E-state index is 0.384. The van der Waals surface area contributed by atoms with Crippen molar-refractivity contribution in [3.05, 3.63) is 30.1 Å². The average Bonchev–Trinajstić information content (AvgIpc) is 2.34. The Morgan fingerprint density at radius 2 is 2.31 bits per heavy atom. The van der Waals surface area contributed by atoms with Gasteiger partial charge in [0.2, 0.25) is 0 Å². The number of pyridine rings is 1. The Morgan fingerprint density at radius 1 is 1.44 bits per heavy atom. The topological polar surface area (TPSA) is 46.0 Å². The largest absolute Gasteiger partial charge is 0.484 e. The predicted molar refractivity (Wildman–Crippen MR) is 69.0 cm³/mol. The van der Waals surface area contributed by atoms with Crippen molar-refractivity contribution in [1.82, 2.24) is 4.98 Å². The highest BCUT2D eigenvalue weighted by Gasteiger charge is 1.97. The van der Waals surface area contributed by atoms with Gasteiger partial charge in [-0.15, -0.1) is 0 Å². The van der Waals surface area contributed by atoms with Gasteiger partial charge in [-0.2, -0.15) is 11.8 Å². The zero-order valence-corrected chi connectivity index (χ0v) is 10.4. The zero-order valence-electron chi connectivity index (χ0n) is 9.61. The Labute approximate surface area is 101 Å². The molecule has 1 rings (SSSR count). The van der Waals surface area contributed by atoms with Gasteiger partial charge in [-0.25, -0.2) is 0 Å². The summed E-state index contributed by atoms with van der Waals surface area (Å²) in [5, 5.41) is 7.31. The number of nitrogens with one attached hydrogen (secondary N) is 1. The molecule has 0 aliphatic rings. The fourth-order valence-corrected chi connectivity index (χ4v) is 2.18. The van der Waals surface area contributed by atoms with Crippen molar-refractivity contribution in [2.45, 2.75) is 25.0 Å². The van der Waals surface area contributed by atoms with Crippen LogP contribution in [0.3, 0.4) is 0 Å². The maximum absolute atomic E-state index is 7.31. The fourth-order valence-electron chi connectivity index (χ4n) is 1.25. The lowest BCUT2D eigenvalue weighted by molar-refractivity contribution is 0.384. The quantitative estimate of drug-likeness (QED) is 0.451. The molecular weight excluding hydrogens is 220 g/mol. The minimum Gasteiger partial charge on any atom is -0.484 e. The van der Waals surface area contributed by atoms with E-state index in [0.29, 0.717) is 5.90 Å². The molecule has 0 fully saturated rings. The van der Waals surface area contributed by atoms with Gasteiger partial charge in [0.05, 0.1) is 12.8 Å². The summed E-state index contributed by atoms with van der Waals surface area (Å²) >= 11 is 1.89. The van der Waals surface area contributed by atoms with Crippen LogP contribution in [-0.4, -0.2) is 23.7 Å².